The Hall–Kier alpha value is -2.22. The van der Waals surface area contributed by atoms with Crippen LogP contribution in [0.15, 0.2) is 16.7 Å². The number of nitrogens with zero attached hydrogens (tertiary/aromatic N) is 3. The van der Waals surface area contributed by atoms with Crippen molar-refractivity contribution in [2.24, 2.45) is 11.8 Å². The average Bonchev–Trinajstić information content (AvgIpc) is 3.46. The van der Waals surface area contributed by atoms with Crippen LogP contribution in [-0.4, -0.2) is 51.1 Å². The summed E-state index contributed by atoms with van der Waals surface area (Å²) >= 11 is 0. The van der Waals surface area contributed by atoms with Crippen molar-refractivity contribution in [2.75, 3.05) is 6.54 Å². The van der Waals surface area contributed by atoms with E-state index in [1.54, 1.807) is 0 Å². The standard InChI is InChI=1S/C19H24N4O4/c1-2-14-21-13(22-27-14)9-20-17(24)15-12-7-8-19(26-12)10-23(18(25)16(15)19)11-5-3-4-6-11/h7-8,11-12,15-16H,2-6,9-10H2,1H3,(H,20,24)/t12-,15-,16-,19+/m1/s1. The van der Waals surface area contributed by atoms with Crippen molar-refractivity contribution >= 4 is 11.8 Å². The lowest BCUT2D eigenvalue weighted by molar-refractivity contribution is -0.138. The Balaban J connectivity index is 1.32. The maximum Gasteiger partial charge on any atom is 0.230 e. The third-order valence-electron chi connectivity index (χ3n) is 6.43. The molecular formula is C19H24N4O4. The van der Waals surface area contributed by atoms with Crippen molar-refractivity contribution in [3.63, 3.8) is 0 Å². The van der Waals surface area contributed by atoms with Gasteiger partial charge in [0.25, 0.3) is 0 Å². The molecule has 1 aromatic rings. The number of hydrogen-bond donors (Lipinski definition) is 1. The fourth-order valence-corrected chi connectivity index (χ4v) is 5.14. The van der Waals surface area contributed by atoms with Gasteiger partial charge in [0, 0.05) is 12.5 Å². The third-order valence-corrected chi connectivity index (χ3v) is 6.43. The Bertz CT molecular complexity index is 799. The van der Waals surface area contributed by atoms with E-state index in [1.807, 2.05) is 24.0 Å². The molecule has 0 unspecified atom stereocenters. The highest BCUT2D eigenvalue weighted by Gasteiger charge is 2.67. The molecule has 3 aliphatic heterocycles. The number of rotatable bonds is 5. The Labute approximate surface area is 157 Å². The maximum absolute atomic E-state index is 13.2. The van der Waals surface area contributed by atoms with Gasteiger partial charge in [-0.25, -0.2) is 0 Å². The predicted molar refractivity (Wildman–Crippen MR) is 93.2 cm³/mol. The molecule has 1 saturated carbocycles. The molecule has 1 N–H and O–H groups in total. The molecular weight excluding hydrogens is 348 g/mol. The molecule has 8 heteroatoms. The van der Waals surface area contributed by atoms with Gasteiger partial charge in [-0.2, -0.15) is 4.98 Å². The molecule has 27 heavy (non-hydrogen) atoms. The van der Waals surface area contributed by atoms with Crippen LogP contribution >= 0.6 is 0 Å². The highest BCUT2D eigenvalue weighted by molar-refractivity contribution is 5.93. The molecule has 5 rings (SSSR count). The minimum absolute atomic E-state index is 0.0710. The van der Waals surface area contributed by atoms with Crippen LogP contribution in [0.1, 0.15) is 44.3 Å². The number of carbonyl (C=O) groups excluding carboxylic acids is 2. The number of fused-ring (bicyclic) bond motifs is 1. The second-order valence-corrected chi connectivity index (χ2v) is 7.98. The Morgan fingerprint density at radius 3 is 2.96 bits per heavy atom. The van der Waals surface area contributed by atoms with E-state index in [0.29, 0.717) is 30.7 Å². The minimum atomic E-state index is -0.631. The highest BCUT2D eigenvalue weighted by Crippen LogP contribution is 2.52. The van der Waals surface area contributed by atoms with E-state index in [0.717, 1.165) is 12.8 Å². The topological polar surface area (TPSA) is 97.6 Å². The highest BCUT2D eigenvalue weighted by atomic mass is 16.5. The van der Waals surface area contributed by atoms with Crippen molar-refractivity contribution in [3.8, 4) is 0 Å². The summed E-state index contributed by atoms with van der Waals surface area (Å²) in [5.74, 6) is -0.0409. The van der Waals surface area contributed by atoms with Crippen molar-refractivity contribution < 1.29 is 18.8 Å². The zero-order valence-electron chi connectivity index (χ0n) is 15.4. The molecule has 3 fully saturated rings. The molecule has 1 aliphatic carbocycles. The van der Waals surface area contributed by atoms with Crippen LogP contribution in [0.5, 0.6) is 0 Å². The molecule has 4 aliphatic rings. The van der Waals surface area contributed by atoms with Crippen molar-refractivity contribution in [2.45, 2.75) is 63.3 Å². The van der Waals surface area contributed by atoms with Gasteiger partial charge in [0.05, 0.1) is 31.0 Å². The van der Waals surface area contributed by atoms with Gasteiger partial charge in [-0.05, 0) is 12.8 Å². The predicted octanol–water partition coefficient (Wildman–Crippen LogP) is 0.973. The molecule has 2 bridgehead atoms. The van der Waals surface area contributed by atoms with Crippen molar-refractivity contribution in [1.82, 2.24) is 20.4 Å². The SMILES string of the molecule is CCc1nc(CNC(=O)[C@@H]2[C@H]3C=C[C@@]4(CN(C5CCCC5)C(=O)[C@@H]24)O3)no1. The lowest BCUT2D eigenvalue weighted by Crippen LogP contribution is -2.44. The van der Waals surface area contributed by atoms with E-state index in [-0.39, 0.29) is 24.5 Å². The van der Waals surface area contributed by atoms with Gasteiger partial charge < -0.3 is 19.5 Å². The van der Waals surface area contributed by atoms with Crippen LogP contribution in [0.25, 0.3) is 0 Å². The summed E-state index contributed by atoms with van der Waals surface area (Å²) in [6, 6.07) is 0.295. The Morgan fingerprint density at radius 1 is 1.41 bits per heavy atom. The summed E-state index contributed by atoms with van der Waals surface area (Å²) in [6.45, 7) is 2.69. The number of aromatic nitrogens is 2. The van der Waals surface area contributed by atoms with E-state index in [1.165, 1.54) is 12.8 Å². The monoisotopic (exact) mass is 372 g/mol. The molecule has 0 aromatic carbocycles. The second kappa shape index (κ2) is 6.15. The summed E-state index contributed by atoms with van der Waals surface area (Å²) in [5, 5.41) is 6.73. The van der Waals surface area contributed by atoms with E-state index < -0.39 is 17.4 Å². The fourth-order valence-electron chi connectivity index (χ4n) is 5.14. The number of carbonyl (C=O) groups is 2. The number of nitrogens with one attached hydrogen (secondary N) is 1. The van der Waals surface area contributed by atoms with Crippen LogP contribution in [0, 0.1) is 11.8 Å². The van der Waals surface area contributed by atoms with Gasteiger partial charge in [-0.3, -0.25) is 9.59 Å². The van der Waals surface area contributed by atoms with E-state index in [4.69, 9.17) is 9.26 Å². The molecule has 1 aromatic heterocycles. The van der Waals surface area contributed by atoms with Crippen LogP contribution < -0.4 is 5.32 Å². The maximum atomic E-state index is 13.2. The Morgan fingerprint density at radius 2 is 2.22 bits per heavy atom. The van der Waals surface area contributed by atoms with Gasteiger partial charge in [0.1, 0.15) is 5.60 Å². The van der Waals surface area contributed by atoms with Gasteiger partial charge in [-0.15, -0.1) is 0 Å². The number of ether oxygens (including phenoxy) is 1. The first-order chi connectivity index (χ1) is 13.1. The molecule has 1 spiro atoms. The lowest BCUT2D eigenvalue weighted by atomic mass is 9.77. The molecule has 2 amide bonds. The fraction of sp³-hybridized carbons (Fsp3) is 0.684. The summed E-state index contributed by atoms with van der Waals surface area (Å²) in [4.78, 5) is 32.3. The van der Waals surface area contributed by atoms with Crippen LogP contribution in [0.4, 0.5) is 0 Å². The quantitative estimate of drug-likeness (QED) is 0.774. The van der Waals surface area contributed by atoms with Crippen LogP contribution in [0.2, 0.25) is 0 Å². The van der Waals surface area contributed by atoms with E-state index in [2.05, 4.69) is 15.5 Å². The molecule has 2 saturated heterocycles. The van der Waals surface area contributed by atoms with Crippen LogP contribution in [-0.2, 0) is 27.3 Å². The van der Waals surface area contributed by atoms with Gasteiger partial charge in [-0.1, -0.05) is 37.1 Å². The number of amides is 2. The summed E-state index contributed by atoms with van der Waals surface area (Å²) in [5.41, 5.74) is -0.631. The summed E-state index contributed by atoms with van der Waals surface area (Å²) < 4.78 is 11.2. The molecule has 8 nitrogen and oxygen atoms in total. The first-order valence-electron chi connectivity index (χ1n) is 9.88. The van der Waals surface area contributed by atoms with Crippen molar-refractivity contribution in [1.29, 1.82) is 0 Å². The van der Waals surface area contributed by atoms with E-state index in [9.17, 15) is 9.59 Å². The first kappa shape index (κ1) is 16.9. The number of likely N-dealkylation sites (tertiary alicyclic amines) is 1. The largest absolute Gasteiger partial charge is 0.360 e. The number of hydrogen-bond acceptors (Lipinski definition) is 6. The van der Waals surface area contributed by atoms with E-state index >= 15 is 0 Å². The molecule has 4 heterocycles. The zero-order chi connectivity index (χ0) is 18.6. The van der Waals surface area contributed by atoms with Crippen LogP contribution in [0.3, 0.4) is 0 Å². The van der Waals surface area contributed by atoms with Gasteiger partial charge >= 0.3 is 0 Å². The lowest BCUT2D eigenvalue weighted by Gasteiger charge is -2.26. The summed E-state index contributed by atoms with van der Waals surface area (Å²) in [7, 11) is 0. The zero-order valence-corrected chi connectivity index (χ0v) is 15.4. The second-order valence-electron chi connectivity index (χ2n) is 7.98. The normalized spacial score (nSPS) is 34.6. The van der Waals surface area contributed by atoms with Gasteiger partial charge in [0.15, 0.2) is 5.82 Å². The third kappa shape index (κ3) is 2.53. The minimum Gasteiger partial charge on any atom is -0.360 e. The smallest absolute Gasteiger partial charge is 0.230 e. The number of aryl methyl sites for hydroxylation is 1. The Kier molecular flexibility index (Phi) is 3.86. The molecule has 4 atom stereocenters. The summed E-state index contributed by atoms with van der Waals surface area (Å²) in [6.07, 6.45) is 8.70. The first-order valence-corrected chi connectivity index (χ1v) is 9.88. The molecule has 144 valence electrons. The van der Waals surface area contributed by atoms with Crippen molar-refractivity contribution in [3.05, 3.63) is 23.9 Å². The molecule has 0 radical (unpaired) electrons. The average molecular weight is 372 g/mol. The van der Waals surface area contributed by atoms with Gasteiger partial charge in [0.2, 0.25) is 17.7 Å².